The highest BCUT2D eigenvalue weighted by Gasteiger charge is 2.55. The number of hydrogen-bond acceptors (Lipinski definition) is 2. The van der Waals surface area contributed by atoms with E-state index in [0.29, 0.717) is 0 Å². The Hall–Kier alpha value is -6.78. The van der Waals surface area contributed by atoms with Gasteiger partial charge in [0.25, 0.3) is 0 Å². The number of hydrogen-bond donors (Lipinski definition) is 0. The van der Waals surface area contributed by atoms with E-state index in [-0.39, 0.29) is 28.5 Å². The number of aromatic nitrogens is 1. The number of fused-ring (bicyclic) bond motifs is 14. The molecule has 3 nitrogen and oxygen atoms in total. The van der Waals surface area contributed by atoms with Gasteiger partial charge in [-0.1, -0.05) is 165 Å². The van der Waals surface area contributed by atoms with E-state index >= 15 is 0 Å². The molecule has 0 atom stereocenters. The first-order valence-corrected chi connectivity index (χ1v) is 24.5. The molecule has 2 aromatic heterocycles. The molecular weight excluding hydrogens is 812 g/mol. The van der Waals surface area contributed by atoms with E-state index in [1.165, 1.54) is 128 Å². The molecule has 0 fully saturated rings. The average Bonchev–Trinajstić information content (AvgIpc) is 3.93. The summed E-state index contributed by atoms with van der Waals surface area (Å²) in [6.07, 6.45) is 2.34. The third kappa shape index (κ3) is 5.09. The van der Waals surface area contributed by atoms with Gasteiger partial charge in [-0.2, -0.15) is 0 Å². The normalized spacial score (nSPS) is 17.4. The summed E-state index contributed by atoms with van der Waals surface area (Å²) in [6.45, 7) is 21.9. The molecule has 2 aliphatic carbocycles. The second kappa shape index (κ2) is 12.8. The first kappa shape index (κ1) is 39.4. The summed E-state index contributed by atoms with van der Waals surface area (Å²) in [7, 11) is 0. The molecular formula is C63H55BN2O. The molecule has 0 N–H and O–H groups in total. The topological polar surface area (TPSA) is 21.3 Å². The lowest BCUT2D eigenvalue weighted by molar-refractivity contribution is 0.331. The van der Waals surface area contributed by atoms with Crippen molar-refractivity contribution in [1.82, 2.24) is 4.48 Å². The molecule has 67 heavy (non-hydrogen) atoms. The summed E-state index contributed by atoms with van der Waals surface area (Å²) in [5.41, 5.74) is 22.8. The number of para-hydroxylation sites is 2. The highest BCUT2D eigenvalue weighted by atomic mass is 16.3. The fourth-order valence-electron chi connectivity index (χ4n) is 13.3. The van der Waals surface area contributed by atoms with Crippen LogP contribution in [0, 0.1) is 0 Å². The first-order chi connectivity index (χ1) is 32.1. The summed E-state index contributed by atoms with van der Waals surface area (Å²) in [6, 6.07) is 55.7. The molecule has 2 aliphatic heterocycles. The fourth-order valence-corrected chi connectivity index (χ4v) is 13.3. The highest BCUT2D eigenvalue weighted by molar-refractivity contribution is 6.86. The van der Waals surface area contributed by atoms with Crippen molar-refractivity contribution in [3.63, 3.8) is 0 Å². The second-order valence-electron chi connectivity index (χ2n) is 23.1. The molecule has 0 radical (unpaired) electrons. The number of nitrogens with zero attached hydrogens (tertiary/aromatic N) is 2. The molecule has 14 rings (SSSR count). The van der Waals surface area contributed by atoms with Crippen LogP contribution in [0.2, 0.25) is 0 Å². The van der Waals surface area contributed by atoms with E-state index < -0.39 is 0 Å². The quantitative estimate of drug-likeness (QED) is 0.161. The molecule has 0 spiro atoms. The van der Waals surface area contributed by atoms with Crippen LogP contribution in [0.25, 0.3) is 82.5 Å². The molecule has 4 aliphatic rings. The predicted octanol–water partition coefficient (Wildman–Crippen LogP) is 16.3. The maximum absolute atomic E-state index is 7.08. The third-order valence-corrected chi connectivity index (χ3v) is 17.0. The van der Waals surface area contributed by atoms with Crippen molar-refractivity contribution in [3.05, 3.63) is 179 Å². The first-order valence-electron chi connectivity index (χ1n) is 24.5. The Balaban J connectivity index is 1.21. The number of anilines is 2. The number of benzene rings is 8. The van der Waals surface area contributed by atoms with Gasteiger partial charge in [0.05, 0.1) is 5.69 Å². The van der Waals surface area contributed by atoms with Gasteiger partial charge >= 0.3 is 6.85 Å². The van der Waals surface area contributed by atoms with E-state index in [2.05, 4.69) is 217 Å². The number of rotatable bonds is 2. The summed E-state index contributed by atoms with van der Waals surface area (Å²) in [5.74, 6) is 0. The minimum atomic E-state index is -0.340. The lowest BCUT2D eigenvalue weighted by Crippen LogP contribution is -2.52. The second-order valence-corrected chi connectivity index (χ2v) is 23.1. The Morgan fingerprint density at radius 2 is 1.24 bits per heavy atom. The predicted molar refractivity (Wildman–Crippen MR) is 285 cm³/mol. The van der Waals surface area contributed by atoms with Gasteiger partial charge in [-0.25, -0.2) is 0 Å². The molecule has 8 aromatic carbocycles. The Kier molecular flexibility index (Phi) is 7.53. The SMILES string of the molecule is CC(C)(C)c1ccc(N2C3=C(B4c5c2cc2oc6ccccc6c2c5-c2cccc5c6cc7ccccc7cc6n4c25)C(C)(C)c2cc4c(cc23)C(C)(C)CCC4(C)C)c(-c2ccccc2)c1. The van der Waals surface area contributed by atoms with Crippen LogP contribution in [0.1, 0.15) is 103 Å². The van der Waals surface area contributed by atoms with E-state index in [9.17, 15) is 0 Å². The van der Waals surface area contributed by atoms with Gasteiger partial charge in [-0.15, -0.1) is 0 Å². The molecule has 0 saturated carbocycles. The largest absolute Gasteiger partial charge is 0.456 e. The van der Waals surface area contributed by atoms with Crippen molar-refractivity contribution in [2.45, 2.75) is 96.8 Å². The van der Waals surface area contributed by atoms with Crippen LogP contribution >= 0.6 is 0 Å². The molecule has 0 amide bonds. The lowest BCUT2D eigenvalue weighted by Gasteiger charge is -2.43. The lowest BCUT2D eigenvalue weighted by atomic mass is 9.40. The Morgan fingerprint density at radius 3 is 2.00 bits per heavy atom. The molecule has 0 saturated heterocycles. The Labute approximate surface area is 393 Å². The van der Waals surface area contributed by atoms with Crippen molar-refractivity contribution >= 4 is 83.9 Å². The molecule has 0 unspecified atom stereocenters. The molecule has 4 heteroatoms. The van der Waals surface area contributed by atoms with E-state index in [4.69, 9.17) is 4.42 Å². The molecule has 10 aromatic rings. The monoisotopic (exact) mass is 866 g/mol. The third-order valence-electron chi connectivity index (χ3n) is 17.0. The molecule has 4 heterocycles. The highest BCUT2D eigenvalue weighted by Crippen LogP contribution is 2.61. The Bertz CT molecular complexity index is 3890. The minimum absolute atomic E-state index is 0.0372. The average molecular weight is 867 g/mol. The maximum atomic E-state index is 7.08. The van der Waals surface area contributed by atoms with Gasteiger partial charge in [0, 0.05) is 72.1 Å². The smallest absolute Gasteiger partial charge is 0.329 e. The number of allylic oxidation sites excluding steroid dienone is 1. The zero-order valence-electron chi connectivity index (χ0n) is 40.2. The van der Waals surface area contributed by atoms with Crippen molar-refractivity contribution in [3.8, 4) is 22.3 Å². The van der Waals surface area contributed by atoms with Gasteiger partial charge in [0.2, 0.25) is 0 Å². The van der Waals surface area contributed by atoms with Crippen molar-refractivity contribution in [2.24, 2.45) is 0 Å². The zero-order valence-corrected chi connectivity index (χ0v) is 40.2. The van der Waals surface area contributed by atoms with Gasteiger partial charge in [0.15, 0.2) is 0 Å². The van der Waals surface area contributed by atoms with Crippen LogP contribution < -0.4 is 10.4 Å². The van der Waals surface area contributed by atoms with Crippen LogP contribution in [-0.4, -0.2) is 11.3 Å². The standard InChI is InChI=1S/C63H55BN2O/c1-60(2,3)39-26-27-49(43(32-39)36-18-11-10-12-19-36)65-51-35-53-54(41-22-15-16-25-52(41)67-53)55-42-24-17-23-40-44-30-37-20-13-14-21-38(37)31-50(44)66(57(40)42)64(56(51)55)59-58(65)45-33-47-48(34-46(45)63(59,8)9)62(6,7)29-28-61(47,4)5/h10-27,30-35H,28-29H2,1-9H3. The van der Waals surface area contributed by atoms with Crippen LogP contribution in [0.15, 0.2) is 155 Å². The van der Waals surface area contributed by atoms with E-state index in [1.807, 2.05) is 0 Å². The van der Waals surface area contributed by atoms with E-state index in [1.54, 1.807) is 0 Å². The molecule has 0 bridgehead atoms. The van der Waals surface area contributed by atoms with Crippen LogP contribution in [-0.2, 0) is 21.7 Å². The summed E-state index contributed by atoms with van der Waals surface area (Å²) < 4.78 is 9.85. The van der Waals surface area contributed by atoms with Crippen molar-refractivity contribution in [1.29, 1.82) is 0 Å². The fraction of sp³-hybridized carbons (Fsp3) is 0.238. The number of furan rings is 1. The Morgan fingerprint density at radius 1 is 0.552 bits per heavy atom. The van der Waals surface area contributed by atoms with E-state index in [0.717, 1.165) is 17.6 Å². The summed E-state index contributed by atoms with van der Waals surface area (Å²) in [4.78, 5) is 2.71. The maximum Gasteiger partial charge on any atom is 0.329 e. The van der Waals surface area contributed by atoms with Crippen molar-refractivity contribution < 1.29 is 4.42 Å². The van der Waals surface area contributed by atoms with Crippen LogP contribution in [0.5, 0.6) is 0 Å². The van der Waals surface area contributed by atoms with Gasteiger partial charge < -0.3 is 13.8 Å². The van der Waals surface area contributed by atoms with Crippen LogP contribution in [0.3, 0.4) is 0 Å². The minimum Gasteiger partial charge on any atom is -0.456 e. The zero-order chi connectivity index (χ0) is 45.7. The van der Waals surface area contributed by atoms with Crippen LogP contribution in [0.4, 0.5) is 11.4 Å². The van der Waals surface area contributed by atoms with Gasteiger partial charge in [-0.05, 0) is 121 Å². The van der Waals surface area contributed by atoms with Crippen molar-refractivity contribution in [2.75, 3.05) is 4.90 Å². The van der Waals surface area contributed by atoms with Gasteiger partial charge in [0.1, 0.15) is 11.2 Å². The summed E-state index contributed by atoms with van der Waals surface area (Å²) in [5, 5.41) is 7.51. The summed E-state index contributed by atoms with van der Waals surface area (Å²) >= 11 is 0. The molecule has 326 valence electrons. The van der Waals surface area contributed by atoms with Gasteiger partial charge in [-0.3, -0.25) is 0 Å².